The summed E-state index contributed by atoms with van der Waals surface area (Å²) in [4.78, 5) is 27.8. The molecule has 2 fully saturated rings. The number of carbonyl (C=O) groups is 2. The lowest BCUT2D eigenvalue weighted by molar-refractivity contribution is -0.141. The van der Waals surface area contributed by atoms with E-state index in [0.29, 0.717) is 5.92 Å². The molecule has 2 saturated heterocycles. The molecule has 19 heavy (non-hydrogen) atoms. The zero-order valence-corrected chi connectivity index (χ0v) is 12.0. The minimum atomic E-state index is 0.0279. The first-order valence-electron chi connectivity index (χ1n) is 7.31. The van der Waals surface area contributed by atoms with Crippen molar-refractivity contribution in [2.75, 3.05) is 39.8 Å². The van der Waals surface area contributed by atoms with Crippen LogP contribution in [-0.4, -0.2) is 61.4 Å². The minimum Gasteiger partial charge on any atom is -0.341 e. The van der Waals surface area contributed by atoms with Crippen LogP contribution in [0.4, 0.5) is 0 Å². The van der Waals surface area contributed by atoms with E-state index in [9.17, 15) is 9.59 Å². The molecule has 2 heterocycles. The minimum absolute atomic E-state index is 0.0279. The Morgan fingerprint density at radius 2 is 1.95 bits per heavy atom. The predicted molar refractivity (Wildman–Crippen MR) is 73.6 cm³/mol. The van der Waals surface area contributed by atoms with E-state index in [1.54, 1.807) is 11.9 Å². The third-order valence-corrected chi connectivity index (χ3v) is 4.13. The molecule has 0 aromatic heterocycles. The number of likely N-dealkylation sites (tertiary alicyclic amines) is 1. The second-order valence-corrected chi connectivity index (χ2v) is 5.98. The lowest BCUT2D eigenvalue weighted by Gasteiger charge is -2.30. The lowest BCUT2D eigenvalue weighted by Crippen LogP contribution is -2.47. The Bertz CT molecular complexity index is 340. The summed E-state index contributed by atoms with van der Waals surface area (Å²) in [5.74, 6) is 0.752. The summed E-state index contributed by atoms with van der Waals surface area (Å²) < 4.78 is 0. The van der Waals surface area contributed by atoms with Crippen molar-refractivity contribution in [3.63, 3.8) is 0 Å². The van der Waals surface area contributed by atoms with Gasteiger partial charge in [-0.1, -0.05) is 6.92 Å². The largest absolute Gasteiger partial charge is 0.341 e. The van der Waals surface area contributed by atoms with Gasteiger partial charge < -0.3 is 15.1 Å². The van der Waals surface area contributed by atoms with Crippen LogP contribution >= 0.6 is 0 Å². The van der Waals surface area contributed by atoms with Gasteiger partial charge in [-0.05, 0) is 31.7 Å². The Morgan fingerprint density at radius 1 is 1.26 bits per heavy atom. The van der Waals surface area contributed by atoms with Gasteiger partial charge in [0.2, 0.25) is 11.8 Å². The highest BCUT2D eigenvalue weighted by molar-refractivity contribution is 5.86. The topological polar surface area (TPSA) is 52.7 Å². The number of rotatable bonds is 3. The van der Waals surface area contributed by atoms with E-state index in [2.05, 4.69) is 12.2 Å². The predicted octanol–water partition coefficient (Wildman–Crippen LogP) is 0.313. The highest BCUT2D eigenvalue weighted by Crippen LogP contribution is 2.18. The van der Waals surface area contributed by atoms with E-state index in [1.807, 2.05) is 4.90 Å². The third kappa shape index (κ3) is 3.69. The van der Waals surface area contributed by atoms with Crippen LogP contribution in [0.3, 0.4) is 0 Å². The van der Waals surface area contributed by atoms with Gasteiger partial charge in [-0.25, -0.2) is 0 Å². The normalized spacial score (nSPS) is 27.4. The van der Waals surface area contributed by atoms with Crippen molar-refractivity contribution in [3.05, 3.63) is 0 Å². The van der Waals surface area contributed by atoms with Gasteiger partial charge in [0.1, 0.15) is 0 Å². The van der Waals surface area contributed by atoms with Crippen molar-refractivity contribution >= 4 is 11.8 Å². The summed E-state index contributed by atoms with van der Waals surface area (Å²) in [5.41, 5.74) is 0. The van der Waals surface area contributed by atoms with Crippen LogP contribution in [0.1, 0.15) is 26.2 Å². The molecule has 0 aromatic rings. The second-order valence-electron chi connectivity index (χ2n) is 5.98. The van der Waals surface area contributed by atoms with Gasteiger partial charge in [0.15, 0.2) is 0 Å². The summed E-state index contributed by atoms with van der Waals surface area (Å²) in [5, 5.41) is 3.29. The van der Waals surface area contributed by atoms with Crippen LogP contribution in [0.2, 0.25) is 0 Å². The highest BCUT2D eigenvalue weighted by atomic mass is 16.2. The molecule has 2 amide bonds. The van der Waals surface area contributed by atoms with E-state index < -0.39 is 0 Å². The first-order valence-corrected chi connectivity index (χ1v) is 7.31. The van der Waals surface area contributed by atoms with Crippen LogP contribution in [0, 0.1) is 11.8 Å². The van der Waals surface area contributed by atoms with E-state index in [0.717, 1.165) is 45.4 Å². The number of piperidine rings is 1. The van der Waals surface area contributed by atoms with Crippen molar-refractivity contribution in [1.29, 1.82) is 0 Å². The Kier molecular flexibility index (Phi) is 4.80. The third-order valence-electron chi connectivity index (χ3n) is 4.13. The SMILES string of the molecule is CC1CNCC(C(=O)N(C)CC(=O)N2CCCC2)C1. The molecule has 5 nitrogen and oxygen atoms in total. The second kappa shape index (κ2) is 6.37. The number of carbonyl (C=O) groups excluding carboxylic acids is 2. The fraction of sp³-hybridized carbons (Fsp3) is 0.857. The van der Waals surface area contributed by atoms with Gasteiger partial charge in [-0.2, -0.15) is 0 Å². The molecule has 0 aliphatic carbocycles. The van der Waals surface area contributed by atoms with E-state index in [1.165, 1.54) is 0 Å². The van der Waals surface area contributed by atoms with E-state index >= 15 is 0 Å². The molecule has 0 aromatic carbocycles. The maximum absolute atomic E-state index is 12.3. The molecule has 108 valence electrons. The highest BCUT2D eigenvalue weighted by Gasteiger charge is 2.29. The Labute approximate surface area is 115 Å². The average Bonchev–Trinajstić information content (AvgIpc) is 2.91. The van der Waals surface area contributed by atoms with Crippen LogP contribution in [0.5, 0.6) is 0 Å². The zero-order chi connectivity index (χ0) is 13.8. The van der Waals surface area contributed by atoms with Crippen molar-refractivity contribution in [2.24, 2.45) is 11.8 Å². The lowest BCUT2D eigenvalue weighted by atomic mass is 9.91. The number of amides is 2. The van der Waals surface area contributed by atoms with Crippen LogP contribution in [-0.2, 0) is 9.59 Å². The summed E-state index contributed by atoms with van der Waals surface area (Å²) in [6.45, 7) is 5.81. The molecule has 2 aliphatic heterocycles. The quantitative estimate of drug-likeness (QED) is 0.801. The van der Waals surface area contributed by atoms with Gasteiger partial charge in [0, 0.05) is 26.7 Å². The molecular formula is C14H25N3O2. The zero-order valence-electron chi connectivity index (χ0n) is 12.0. The van der Waals surface area contributed by atoms with Crippen LogP contribution < -0.4 is 5.32 Å². The van der Waals surface area contributed by atoms with Crippen LogP contribution in [0.25, 0.3) is 0 Å². The molecular weight excluding hydrogens is 242 g/mol. The Morgan fingerprint density at radius 3 is 2.58 bits per heavy atom. The molecule has 2 atom stereocenters. The fourth-order valence-corrected chi connectivity index (χ4v) is 3.00. The number of hydrogen-bond acceptors (Lipinski definition) is 3. The van der Waals surface area contributed by atoms with E-state index in [4.69, 9.17) is 0 Å². The standard InChI is InChI=1S/C14H25N3O2/c1-11-7-12(9-15-8-11)14(19)16(2)10-13(18)17-5-3-4-6-17/h11-12,15H,3-10H2,1-2H3. The van der Waals surface area contributed by atoms with Crippen molar-refractivity contribution in [1.82, 2.24) is 15.1 Å². The Balaban J connectivity index is 1.82. The molecule has 1 N–H and O–H groups in total. The number of hydrogen-bond donors (Lipinski definition) is 1. The van der Waals surface area contributed by atoms with Gasteiger partial charge in [-0.15, -0.1) is 0 Å². The smallest absolute Gasteiger partial charge is 0.242 e. The first kappa shape index (κ1) is 14.3. The summed E-state index contributed by atoms with van der Waals surface area (Å²) in [6.07, 6.45) is 3.11. The maximum Gasteiger partial charge on any atom is 0.242 e. The van der Waals surface area contributed by atoms with Crippen molar-refractivity contribution < 1.29 is 9.59 Å². The molecule has 0 spiro atoms. The maximum atomic E-state index is 12.3. The van der Waals surface area contributed by atoms with Crippen molar-refractivity contribution in [3.8, 4) is 0 Å². The summed E-state index contributed by atoms with van der Waals surface area (Å²) >= 11 is 0. The van der Waals surface area contributed by atoms with E-state index in [-0.39, 0.29) is 24.3 Å². The summed E-state index contributed by atoms with van der Waals surface area (Å²) in [7, 11) is 1.75. The fourth-order valence-electron chi connectivity index (χ4n) is 3.00. The molecule has 2 rings (SSSR count). The van der Waals surface area contributed by atoms with Gasteiger partial charge in [0.25, 0.3) is 0 Å². The van der Waals surface area contributed by atoms with Gasteiger partial charge in [-0.3, -0.25) is 9.59 Å². The molecule has 0 saturated carbocycles. The number of nitrogens with zero attached hydrogens (tertiary/aromatic N) is 2. The molecule has 0 radical (unpaired) electrons. The Hall–Kier alpha value is -1.10. The van der Waals surface area contributed by atoms with Crippen LogP contribution in [0.15, 0.2) is 0 Å². The molecule has 5 heteroatoms. The van der Waals surface area contributed by atoms with Gasteiger partial charge in [0.05, 0.1) is 12.5 Å². The average molecular weight is 267 g/mol. The number of nitrogens with one attached hydrogen (secondary N) is 1. The van der Waals surface area contributed by atoms with Crippen molar-refractivity contribution in [2.45, 2.75) is 26.2 Å². The summed E-state index contributed by atoms with van der Waals surface area (Å²) in [6, 6.07) is 0. The first-order chi connectivity index (χ1) is 9.08. The van der Waals surface area contributed by atoms with Gasteiger partial charge >= 0.3 is 0 Å². The number of likely N-dealkylation sites (N-methyl/N-ethyl adjacent to an activating group) is 1. The molecule has 2 unspecified atom stereocenters. The molecule has 2 aliphatic rings. The monoisotopic (exact) mass is 267 g/mol. The molecule has 0 bridgehead atoms.